The van der Waals surface area contributed by atoms with Crippen LogP contribution in [0, 0.1) is 0 Å². The smallest absolute Gasteiger partial charge is 0.0716 e. The van der Waals surface area contributed by atoms with Gasteiger partial charge in [-0.3, -0.25) is 0 Å². The Morgan fingerprint density at radius 3 is 2.88 bits per heavy atom. The fourth-order valence-electron chi connectivity index (χ4n) is 2.20. The number of rotatable bonds is 6. The number of methoxy groups -OCH3 is 1. The van der Waals surface area contributed by atoms with E-state index in [9.17, 15) is 0 Å². The molecule has 1 aliphatic rings. The van der Waals surface area contributed by atoms with Crippen molar-refractivity contribution in [2.45, 2.75) is 31.2 Å². The van der Waals surface area contributed by atoms with Crippen molar-refractivity contribution >= 4 is 11.8 Å². The Morgan fingerprint density at radius 2 is 2.18 bits per heavy atom. The molecule has 0 spiro atoms. The summed E-state index contributed by atoms with van der Waals surface area (Å²) in [6, 6.07) is 8.50. The zero-order chi connectivity index (χ0) is 11.9. The Kier molecular flexibility index (Phi) is 5.36. The molecular weight excluding hydrogens is 230 g/mol. The van der Waals surface area contributed by atoms with E-state index in [1.165, 1.54) is 29.7 Å². The highest BCUT2D eigenvalue weighted by Gasteiger charge is 2.14. The van der Waals surface area contributed by atoms with Crippen molar-refractivity contribution in [3.8, 4) is 0 Å². The van der Waals surface area contributed by atoms with Gasteiger partial charge < -0.3 is 10.1 Å². The van der Waals surface area contributed by atoms with Gasteiger partial charge >= 0.3 is 0 Å². The van der Waals surface area contributed by atoms with E-state index in [2.05, 4.69) is 41.3 Å². The first-order valence-electron chi connectivity index (χ1n) is 6.28. The third-order valence-corrected chi connectivity index (χ3v) is 4.53. The molecule has 1 aliphatic heterocycles. The minimum atomic E-state index is 0.704. The van der Waals surface area contributed by atoms with Crippen molar-refractivity contribution in [1.29, 1.82) is 0 Å². The van der Waals surface area contributed by atoms with Crippen LogP contribution in [0.25, 0.3) is 0 Å². The van der Waals surface area contributed by atoms with Crippen LogP contribution >= 0.6 is 11.8 Å². The molecule has 17 heavy (non-hydrogen) atoms. The molecule has 1 fully saturated rings. The summed E-state index contributed by atoms with van der Waals surface area (Å²) in [6.07, 6.45) is 2.76. The lowest BCUT2D eigenvalue weighted by Gasteiger charge is -2.12. The number of benzene rings is 1. The molecule has 1 unspecified atom stereocenters. The summed E-state index contributed by atoms with van der Waals surface area (Å²) in [5, 5.41) is 4.39. The average Bonchev–Trinajstić information content (AvgIpc) is 2.85. The molecule has 0 amide bonds. The van der Waals surface area contributed by atoms with Gasteiger partial charge in [0.25, 0.3) is 0 Å². The van der Waals surface area contributed by atoms with Gasteiger partial charge in [0, 0.05) is 25.4 Å². The molecule has 0 saturated carbocycles. The highest BCUT2D eigenvalue weighted by molar-refractivity contribution is 8.00. The first-order valence-corrected chi connectivity index (χ1v) is 7.33. The van der Waals surface area contributed by atoms with Crippen LogP contribution in [0.3, 0.4) is 0 Å². The van der Waals surface area contributed by atoms with Gasteiger partial charge in [-0.25, -0.2) is 0 Å². The molecule has 1 saturated heterocycles. The summed E-state index contributed by atoms with van der Waals surface area (Å²) in [5.74, 6) is 1.34. The van der Waals surface area contributed by atoms with Gasteiger partial charge in [0.2, 0.25) is 0 Å². The molecule has 0 aliphatic carbocycles. The van der Waals surface area contributed by atoms with Gasteiger partial charge in [-0.05, 0) is 29.7 Å². The van der Waals surface area contributed by atoms with E-state index in [1.807, 2.05) is 0 Å². The number of hydrogen-bond donors (Lipinski definition) is 1. The fourth-order valence-corrected chi connectivity index (χ4v) is 3.44. The van der Waals surface area contributed by atoms with Gasteiger partial charge in [0.05, 0.1) is 6.61 Å². The van der Waals surface area contributed by atoms with E-state index < -0.39 is 0 Å². The highest BCUT2D eigenvalue weighted by atomic mass is 32.2. The Balaban J connectivity index is 1.80. The van der Waals surface area contributed by atoms with Gasteiger partial charge in [-0.15, -0.1) is 0 Å². The predicted octanol–water partition coefficient (Wildman–Crippen LogP) is 2.82. The summed E-state index contributed by atoms with van der Waals surface area (Å²) in [4.78, 5) is 0. The summed E-state index contributed by atoms with van der Waals surface area (Å²) in [7, 11) is 1.75. The molecule has 3 heteroatoms. The van der Waals surface area contributed by atoms with Crippen LogP contribution in [0.5, 0.6) is 0 Å². The Bertz CT molecular complexity index is 337. The quantitative estimate of drug-likeness (QED) is 0.840. The van der Waals surface area contributed by atoms with Crippen LogP contribution < -0.4 is 5.32 Å². The van der Waals surface area contributed by atoms with Crippen molar-refractivity contribution < 1.29 is 4.74 Å². The van der Waals surface area contributed by atoms with Gasteiger partial charge in [0.15, 0.2) is 0 Å². The number of hydrogen-bond acceptors (Lipinski definition) is 3. The maximum atomic E-state index is 5.22. The van der Waals surface area contributed by atoms with Crippen LogP contribution in [-0.2, 0) is 17.9 Å². The molecule has 1 aromatic carbocycles. The third kappa shape index (κ3) is 4.02. The van der Waals surface area contributed by atoms with Crippen molar-refractivity contribution in [2.24, 2.45) is 0 Å². The summed E-state index contributed by atoms with van der Waals surface area (Å²) < 4.78 is 5.22. The summed E-state index contributed by atoms with van der Waals surface area (Å²) >= 11 is 2.10. The van der Waals surface area contributed by atoms with Crippen LogP contribution in [0.15, 0.2) is 24.3 Å². The van der Waals surface area contributed by atoms with E-state index >= 15 is 0 Å². The van der Waals surface area contributed by atoms with Gasteiger partial charge in [0.1, 0.15) is 0 Å². The zero-order valence-corrected chi connectivity index (χ0v) is 11.3. The highest BCUT2D eigenvalue weighted by Crippen LogP contribution is 2.25. The maximum absolute atomic E-state index is 5.22. The lowest BCUT2D eigenvalue weighted by atomic mass is 10.1. The Morgan fingerprint density at radius 1 is 1.35 bits per heavy atom. The maximum Gasteiger partial charge on any atom is 0.0716 e. The molecular formula is C14H21NOS. The van der Waals surface area contributed by atoms with E-state index in [4.69, 9.17) is 4.74 Å². The van der Waals surface area contributed by atoms with Crippen LogP contribution in [0.2, 0.25) is 0 Å². The number of ether oxygens (including phenoxy) is 1. The van der Waals surface area contributed by atoms with Crippen LogP contribution in [0.4, 0.5) is 0 Å². The van der Waals surface area contributed by atoms with Gasteiger partial charge in [-0.1, -0.05) is 24.3 Å². The number of thioether (sulfide) groups is 1. The second-order valence-electron chi connectivity index (χ2n) is 4.47. The zero-order valence-electron chi connectivity index (χ0n) is 10.4. The van der Waals surface area contributed by atoms with Crippen molar-refractivity contribution in [2.75, 3.05) is 19.4 Å². The lowest BCUT2D eigenvalue weighted by Crippen LogP contribution is -2.23. The van der Waals surface area contributed by atoms with E-state index in [-0.39, 0.29) is 0 Å². The molecule has 1 atom stereocenters. The first kappa shape index (κ1) is 12.9. The largest absolute Gasteiger partial charge is 0.380 e. The van der Waals surface area contributed by atoms with Crippen molar-refractivity contribution in [1.82, 2.24) is 5.32 Å². The minimum absolute atomic E-state index is 0.704. The fraction of sp³-hybridized carbons (Fsp3) is 0.571. The topological polar surface area (TPSA) is 21.3 Å². The second kappa shape index (κ2) is 7.04. The van der Waals surface area contributed by atoms with Crippen molar-refractivity contribution in [3.05, 3.63) is 35.4 Å². The Labute approximate surface area is 108 Å². The molecule has 94 valence electrons. The molecule has 0 radical (unpaired) electrons. The van der Waals surface area contributed by atoms with Crippen LogP contribution in [-0.4, -0.2) is 24.7 Å². The molecule has 1 N–H and O–H groups in total. The molecule has 0 bridgehead atoms. The normalized spacial score (nSPS) is 19.7. The minimum Gasteiger partial charge on any atom is -0.380 e. The number of nitrogens with one attached hydrogen (secondary N) is 1. The average molecular weight is 251 g/mol. The van der Waals surface area contributed by atoms with E-state index in [0.717, 1.165) is 18.3 Å². The Hall–Kier alpha value is -0.510. The van der Waals surface area contributed by atoms with E-state index in [0.29, 0.717) is 6.61 Å². The molecule has 0 aromatic heterocycles. The molecule has 2 rings (SSSR count). The summed E-state index contributed by atoms with van der Waals surface area (Å²) in [5.41, 5.74) is 2.65. The van der Waals surface area contributed by atoms with E-state index in [1.54, 1.807) is 7.11 Å². The molecule has 1 aromatic rings. The monoisotopic (exact) mass is 251 g/mol. The molecule has 2 nitrogen and oxygen atoms in total. The van der Waals surface area contributed by atoms with Gasteiger partial charge in [-0.2, -0.15) is 11.8 Å². The first-order chi connectivity index (χ1) is 8.40. The SMILES string of the molecule is COCc1ccccc1CNCC1CCCS1. The van der Waals surface area contributed by atoms with Crippen LogP contribution in [0.1, 0.15) is 24.0 Å². The summed E-state index contributed by atoms with van der Waals surface area (Å²) in [6.45, 7) is 2.79. The third-order valence-electron chi connectivity index (χ3n) is 3.13. The predicted molar refractivity (Wildman–Crippen MR) is 74.3 cm³/mol. The standard InChI is InChI=1S/C14H21NOS/c1-16-11-13-6-3-2-5-12(13)9-15-10-14-7-4-8-17-14/h2-3,5-6,14-15H,4,7-11H2,1H3. The molecule has 1 heterocycles. The second-order valence-corrected chi connectivity index (χ2v) is 5.88. The van der Waals surface area contributed by atoms with Crippen molar-refractivity contribution in [3.63, 3.8) is 0 Å². The lowest BCUT2D eigenvalue weighted by molar-refractivity contribution is 0.184.